The molecule has 0 spiro atoms. The molecule has 7 nitrogen and oxygen atoms in total. The fourth-order valence-corrected chi connectivity index (χ4v) is 3.45. The minimum absolute atomic E-state index is 0.0177. The molecule has 1 aliphatic carbocycles. The van der Waals surface area contributed by atoms with Gasteiger partial charge in [-0.25, -0.2) is 9.18 Å². The Hall–Kier alpha value is -1.17. The first-order valence-electron chi connectivity index (χ1n) is 8.83. The smallest absolute Gasteiger partial charge is 0.394 e. The number of nitrogens with one attached hydrogen (secondary N) is 5. The second-order valence-electron chi connectivity index (χ2n) is 6.93. The highest BCUT2D eigenvalue weighted by Gasteiger charge is 2.48. The highest BCUT2D eigenvalue weighted by Crippen LogP contribution is 2.39. The molecule has 0 radical (unpaired) electrons. The van der Waals surface area contributed by atoms with Gasteiger partial charge in [0.15, 0.2) is 0 Å². The van der Waals surface area contributed by atoms with Gasteiger partial charge in [0.25, 0.3) is 0 Å². The Morgan fingerprint density at radius 2 is 1.92 bits per heavy atom. The zero-order valence-corrected chi connectivity index (χ0v) is 14.6. The van der Waals surface area contributed by atoms with Gasteiger partial charge in [0.2, 0.25) is 0 Å². The van der Waals surface area contributed by atoms with E-state index in [0.717, 1.165) is 6.42 Å². The van der Waals surface area contributed by atoms with Crippen molar-refractivity contribution in [2.24, 2.45) is 5.92 Å². The third-order valence-electron chi connectivity index (χ3n) is 4.71. The molecular weight excluding hydrogens is 358 g/mol. The molecule has 6 unspecified atom stereocenters. The Kier molecular flexibility index (Phi) is 7.44. The highest BCUT2D eigenvalue weighted by molar-refractivity contribution is 5.74. The molecule has 1 aliphatic heterocycles. The van der Waals surface area contributed by atoms with E-state index in [0.29, 0.717) is 6.54 Å². The Bertz CT molecular complexity index is 468. The van der Waals surface area contributed by atoms with Crippen molar-refractivity contribution < 1.29 is 27.5 Å². The predicted molar refractivity (Wildman–Crippen MR) is 86.8 cm³/mol. The van der Waals surface area contributed by atoms with Gasteiger partial charge in [-0.2, -0.15) is 13.2 Å². The molecule has 2 aliphatic rings. The molecule has 1 heterocycles. The lowest BCUT2D eigenvalue weighted by Gasteiger charge is -2.37. The van der Waals surface area contributed by atoms with Gasteiger partial charge in [0, 0.05) is 18.6 Å². The van der Waals surface area contributed by atoms with E-state index in [2.05, 4.69) is 26.6 Å². The molecule has 2 fully saturated rings. The summed E-state index contributed by atoms with van der Waals surface area (Å²) < 4.78 is 52.1. The van der Waals surface area contributed by atoms with Crippen LogP contribution >= 0.6 is 0 Å². The van der Waals surface area contributed by atoms with Gasteiger partial charge >= 0.3 is 12.2 Å². The average molecular weight is 385 g/mol. The molecule has 1 saturated carbocycles. The molecule has 2 amide bonds. The number of alkyl halides is 4. The van der Waals surface area contributed by atoms with Gasteiger partial charge < -0.3 is 15.7 Å². The minimum atomic E-state index is -4.61. The molecule has 0 bridgehead atoms. The van der Waals surface area contributed by atoms with Crippen LogP contribution in [0.3, 0.4) is 0 Å². The number of halogens is 4. The molecule has 26 heavy (non-hydrogen) atoms. The van der Waals surface area contributed by atoms with Crippen molar-refractivity contribution in [2.75, 3.05) is 13.2 Å². The summed E-state index contributed by atoms with van der Waals surface area (Å²) in [5.41, 5.74) is 0. The summed E-state index contributed by atoms with van der Waals surface area (Å²) in [5.74, 6) is -2.04. The summed E-state index contributed by atoms with van der Waals surface area (Å²) in [6, 6.07) is -1.26. The van der Waals surface area contributed by atoms with Crippen LogP contribution in [0.4, 0.5) is 22.4 Å². The van der Waals surface area contributed by atoms with E-state index >= 15 is 0 Å². The van der Waals surface area contributed by atoms with Gasteiger partial charge in [-0.05, 0) is 32.6 Å². The molecule has 152 valence electrons. The molecule has 0 aromatic rings. The Balaban J connectivity index is 1.82. The molecule has 6 atom stereocenters. The third-order valence-corrected chi connectivity index (χ3v) is 4.71. The van der Waals surface area contributed by atoms with Gasteiger partial charge in [-0.1, -0.05) is 0 Å². The molecule has 0 aromatic carbocycles. The van der Waals surface area contributed by atoms with Crippen LogP contribution in [0, 0.1) is 5.92 Å². The quantitative estimate of drug-likeness (QED) is 0.388. The number of aliphatic hydroxyl groups excluding tert-OH is 1. The van der Waals surface area contributed by atoms with Crippen LogP contribution in [-0.4, -0.2) is 61.2 Å². The van der Waals surface area contributed by atoms with Gasteiger partial charge in [-0.3, -0.25) is 16.0 Å². The van der Waals surface area contributed by atoms with Crippen molar-refractivity contribution in [3.05, 3.63) is 0 Å². The summed E-state index contributed by atoms with van der Waals surface area (Å²) in [6.45, 7) is 2.31. The third kappa shape index (κ3) is 6.22. The van der Waals surface area contributed by atoms with E-state index in [9.17, 15) is 22.4 Å². The SMILES string of the molecule is CC1CC(NCCO)NC(NC(=O)NC2CCC(F)C(C(F)(F)F)C2)N1. The lowest BCUT2D eigenvalue weighted by Crippen LogP contribution is -2.68. The summed E-state index contributed by atoms with van der Waals surface area (Å²) >= 11 is 0. The van der Waals surface area contributed by atoms with Crippen LogP contribution in [0.5, 0.6) is 0 Å². The molecule has 6 N–H and O–H groups in total. The number of urea groups is 1. The van der Waals surface area contributed by atoms with E-state index in [1.807, 2.05) is 6.92 Å². The topological polar surface area (TPSA) is 97.5 Å². The van der Waals surface area contributed by atoms with E-state index < -0.39 is 43.0 Å². The summed E-state index contributed by atoms with van der Waals surface area (Å²) in [7, 11) is 0. The van der Waals surface area contributed by atoms with E-state index in [1.54, 1.807) is 0 Å². The molecule has 11 heteroatoms. The average Bonchev–Trinajstić information content (AvgIpc) is 2.53. The van der Waals surface area contributed by atoms with E-state index in [1.165, 1.54) is 0 Å². The first-order valence-corrected chi connectivity index (χ1v) is 8.83. The number of amides is 2. The maximum atomic E-state index is 13.5. The zero-order valence-electron chi connectivity index (χ0n) is 14.6. The fraction of sp³-hybridized carbons (Fsp3) is 0.933. The number of hydrogen-bond donors (Lipinski definition) is 6. The van der Waals surface area contributed by atoms with Gasteiger partial charge in [0.05, 0.1) is 18.7 Å². The molecule has 2 rings (SSSR count). The van der Waals surface area contributed by atoms with E-state index in [4.69, 9.17) is 5.11 Å². The maximum Gasteiger partial charge on any atom is 0.394 e. The lowest BCUT2D eigenvalue weighted by atomic mass is 9.84. The van der Waals surface area contributed by atoms with Gasteiger partial charge in [-0.15, -0.1) is 0 Å². The second-order valence-corrected chi connectivity index (χ2v) is 6.93. The first kappa shape index (κ1) is 21.1. The van der Waals surface area contributed by atoms with Crippen LogP contribution in [0.2, 0.25) is 0 Å². The number of carbonyl (C=O) groups excluding carboxylic acids is 1. The summed E-state index contributed by atoms with van der Waals surface area (Å²) in [4.78, 5) is 12.1. The first-order chi connectivity index (χ1) is 12.2. The van der Waals surface area contributed by atoms with Crippen molar-refractivity contribution >= 4 is 6.03 Å². The Morgan fingerprint density at radius 1 is 1.19 bits per heavy atom. The van der Waals surface area contributed by atoms with Crippen molar-refractivity contribution in [3.8, 4) is 0 Å². The van der Waals surface area contributed by atoms with Crippen molar-refractivity contribution in [1.29, 1.82) is 0 Å². The number of carbonyl (C=O) groups is 1. The van der Waals surface area contributed by atoms with Crippen molar-refractivity contribution in [1.82, 2.24) is 26.6 Å². The van der Waals surface area contributed by atoms with Crippen LogP contribution in [-0.2, 0) is 0 Å². The second kappa shape index (κ2) is 9.16. The standard InChI is InChI=1S/C15H27F4N5O2/c1-8-6-12(20-4-5-25)23-13(21-8)24-14(26)22-9-2-3-11(16)10(7-9)15(17,18)19/h8-13,20-21,23,25H,2-7H2,1H3,(H2,22,24,26). The van der Waals surface area contributed by atoms with Crippen LogP contribution < -0.4 is 26.6 Å². The minimum Gasteiger partial charge on any atom is -0.395 e. The Morgan fingerprint density at radius 3 is 2.58 bits per heavy atom. The maximum absolute atomic E-state index is 13.5. The monoisotopic (exact) mass is 385 g/mol. The fourth-order valence-electron chi connectivity index (χ4n) is 3.45. The highest BCUT2D eigenvalue weighted by atomic mass is 19.4. The number of aliphatic hydroxyl groups is 1. The van der Waals surface area contributed by atoms with Crippen molar-refractivity contribution in [3.63, 3.8) is 0 Å². The largest absolute Gasteiger partial charge is 0.395 e. The van der Waals surface area contributed by atoms with Crippen LogP contribution in [0.1, 0.15) is 32.6 Å². The zero-order chi connectivity index (χ0) is 19.3. The van der Waals surface area contributed by atoms with Crippen LogP contribution in [0.25, 0.3) is 0 Å². The predicted octanol–water partition coefficient (Wildman–Crippen LogP) is 0.518. The Labute approximate surface area is 149 Å². The summed E-state index contributed by atoms with van der Waals surface area (Å²) in [6.07, 6.45) is -7.01. The van der Waals surface area contributed by atoms with E-state index in [-0.39, 0.29) is 31.7 Å². The molecule has 1 saturated heterocycles. The summed E-state index contributed by atoms with van der Waals surface area (Å²) in [5, 5.41) is 23.2. The van der Waals surface area contributed by atoms with Crippen molar-refractivity contribution in [2.45, 2.75) is 69.5 Å². The lowest BCUT2D eigenvalue weighted by molar-refractivity contribution is -0.199. The molecule has 0 aromatic heterocycles. The number of hydrogen-bond acceptors (Lipinski definition) is 5. The number of rotatable bonds is 5. The van der Waals surface area contributed by atoms with Crippen LogP contribution in [0.15, 0.2) is 0 Å². The van der Waals surface area contributed by atoms with Gasteiger partial charge in [0.1, 0.15) is 12.5 Å². The normalized spacial score (nSPS) is 35.8. The molecular formula is C15H27F4N5O2.